The summed E-state index contributed by atoms with van der Waals surface area (Å²) in [6, 6.07) is 0. The first-order valence-corrected chi connectivity index (χ1v) is 5.81. The topological polar surface area (TPSA) is 44.5 Å². The summed E-state index contributed by atoms with van der Waals surface area (Å²) in [5.41, 5.74) is 0. The SMILES string of the molecule is CN1CCN(CCn2ccnc2CO)CC1. The lowest BCUT2D eigenvalue weighted by Crippen LogP contribution is -2.45. The number of aromatic nitrogens is 2. The highest BCUT2D eigenvalue weighted by Crippen LogP contribution is 2.02. The van der Waals surface area contributed by atoms with Gasteiger partial charge in [0.1, 0.15) is 12.4 Å². The summed E-state index contributed by atoms with van der Waals surface area (Å²) in [5, 5.41) is 9.08. The van der Waals surface area contributed by atoms with Crippen molar-refractivity contribution >= 4 is 0 Å². The van der Waals surface area contributed by atoms with Gasteiger partial charge in [0.15, 0.2) is 0 Å². The number of aliphatic hydroxyl groups is 1. The highest BCUT2D eigenvalue weighted by Gasteiger charge is 2.13. The highest BCUT2D eigenvalue weighted by molar-refractivity contribution is 4.90. The Morgan fingerprint density at radius 2 is 2.00 bits per heavy atom. The molecule has 1 aromatic rings. The van der Waals surface area contributed by atoms with Gasteiger partial charge in [-0.2, -0.15) is 0 Å². The lowest BCUT2D eigenvalue weighted by Gasteiger charge is -2.32. The van der Waals surface area contributed by atoms with E-state index in [1.54, 1.807) is 6.20 Å². The predicted molar refractivity (Wildman–Crippen MR) is 62.1 cm³/mol. The van der Waals surface area contributed by atoms with Crippen molar-refractivity contribution in [1.29, 1.82) is 0 Å². The summed E-state index contributed by atoms with van der Waals surface area (Å²) in [6.45, 7) is 6.55. The molecule has 16 heavy (non-hydrogen) atoms. The van der Waals surface area contributed by atoms with Crippen LogP contribution in [0.2, 0.25) is 0 Å². The highest BCUT2D eigenvalue weighted by atomic mass is 16.3. The number of hydrogen-bond donors (Lipinski definition) is 1. The van der Waals surface area contributed by atoms with E-state index in [1.807, 2.05) is 10.8 Å². The van der Waals surface area contributed by atoms with Gasteiger partial charge in [0.2, 0.25) is 0 Å². The number of likely N-dealkylation sites (N-methyl/N-ethyl adjacent to an activating group) is 1. The quantitative estimate of drug-likeness (QED) is 0.757. The molecule has 0 aromatic carbocycles. The molecule has 1 aromatic heterocycles. The van der Waals surface area contributed by atoms with Crippen LogP contribution in [0, 0.1) is 0 Å². The number of imidazole rings is 1. The van der Waals surface area contributed by atoms with Gasteiger partial charge in [-0.05, 0) is 7.05 Å². The van der Waals surface area contributed by atoms with E-state index in [0.29, 0.717) is 0 Å². The molecule has 5 heteroatoms. The standard InChI is InChI=1S/C11H20N4O/c1-13-4-6-14(7-5-13)8-9-15-3-2-12-11(15)10-16/h2-3,16H,4-10H2,1H3. The molecule has 0 bridgehead atoms. The molecule has 1 N–H and O–H groups in total. The van der Waals surface area contributed by atoms with Crippen molar-refractivity contribution in [2.24, 2.45) is 0 Å². The molecular formula is C11H20N4O. The minimum absolute atomic E-state index is 0.0235. The van der Waals surface area contributed by atoms with E-state index in [9.17, 15) is 0 Å². The Labute approximate surface area is 96.3 Å². The average Bonchev–Trinajstić information content (AvgIpc) is 2.76. The van der Waals surface area contributed by atoms with Crippen LogP contribution in [0.4, 0.5) is 0 Å². The van der Waals surface area contributed by atoms with Gasteiger partial charge in [0.05, 0.1) is 0 Å². The zero-order valence-corrected chi connectivity index (χ0v) is 9.84. The van der Waals surface area contributed by atoms with Crippen LogP contribution in [0.25, 0.3) is 0 Å². The van der Waals surface area contributed by atoms with Crippen molar-refractivity contribution in [3.63, 3.8) is 0 Å². The number of rotatable bonds is 4. The van der Waals surface area contributed by atoms with E-state index in [2.05, 4.69) is 21.8 Å². The van der Waals surface area contributed by atoms with Crippen LogP contribution >= 0.6 is 0 Å². The predicted octanol–water partition coefficient (Wildman–Crippen LogP) is -0.377. The first-order valence-electron chi connectivity index (χ1n) is 5.81. The minimum Gasteiger partial charge on any atom is -0.388 e. The van der Waals surface area contributed by atoms with Crippen molar-refractivity contribution in [2.75, 3.05) is 39.8 Å². The second kappa shape index (κ2) is 5.43. The van der Waals surface area contributed by atoms with Gasteiger partial charge in [-0.25, -0.2) is 4.98 Å². The maximum absolute atomic E-state index is 9.08. The van der Waals surface area contributed by atoms with Crippen molar-refractivity contribution in [3.8, 4) is 0 Å². The fourth-order valence-corrected chi connectivity index (χ4v) is 2.02. The molecular weight excluding hydrogens is 204 g/mol. The first-order chi connectivity index (χ1) is 7.79. The monoisotopic (exact) mass is 224 g/mol. The molecule has 0 radical (unpaired) electrons. The smallest absolute Gasteiger partial charge is 0.134 e. The van der Waals surface area contributed by atoms with Crippen LogP contribution in [-0.4, -0.2) is 64.2 Å². The van der Waals surface area contributed by atoms with Gasteiger partial charge in [0, 0.05) is 51.7 Å². The largest absolute Gasteiger partial charge is 0.388 e. The molecule has 90 valence electrons. The Kier molecular flexibility index (Phi) is 3.93. The summed E-state index contributed by atoms with van der Waals surface area (Å²) >= 11 is 0. The molecule has 1 aliphatic rings. The Bertz CT molecular complexity index is 318. The molecule has 0 atom stereocenters. The summed E-state index contributed by atoms with van der Waals surface area (Å²) in [4.78, 5) is 8.91. The van der Waals surface area contributed by atoms with Crippen molar-refractivity contribution in [2.45, 2.75) is 13.2 Å². The van der Waals surface area contributed by atoms with Gasteiger partial charge in [-0.1, -0.05) is 0 Å². The third-order valence-electron chi connectivity index (χ3n) is 3.20. The lowest BCUT2D eigenvalue weighted by atomic mass is 10.3. The Hall–Kier alpha value is -0.910. The Balaban J connectivity index is 1.79. The molecule has 1 fully saturated rings. The average molecular weight is 224 g/mol. The molecule has 0 spiro atoms. The second-order valence-electron chi connectivity index (χ2n) is 4.34. The molecule has 0 unspecified atom stereocenters. The molecule has 2 rings (SSSR count). The Morgan fingerprint density at radius 1 is 1.25 bits per heavy atom. The van der Waals surface area contributed by atoms with E-state index in [0.717, 1.165) is 45.1 Å². The summed E-state index contributed by atoms with van der Waals surface area (Å²) in [7, 11) is 2.16. The zero-order chi connectivity index (χ0) is 11.4. The van der Waals surface area contributed by atoms with Crippen LogP contribution in [0.1, 0.15) is 5.82 Å². The summed E-state index contributed by atoms with van der Waals surface area (Å²) < 4.78 is 2.03. The fraction of sp³-hybridized carbons (Fsp3) is 0.727. The lowest BCUT2D eigenvalue weighted by molar-refractivity contribution is 0.149. The molecule has 2 heterocycles. The maximum Gasteiger partial charge on any atom is 0.134 e. The van der Waals surface area contributed by atoms with Gasteiger partial charge in [-0.3, -0.25) is 4.90 Å². The zero-order valence-electron chi connectivity index (χ0n) is 9.84. The second-order valence-corrected chi connectivity index (χ2v) is 4.34. The number of nitrogens with zero attached hydrogens (tertiary/aromatic N) is 4. The van der Waals surface area contributed by atoms with Crippen LogP contribution in [0.5, 0.6) is 0 Å². The normalized spacial score (nSPS) is 19.1. The van der Waals surface area contributed by atoms with Gasteiger partial charge in [0.25, 0.3) is 0 Å². The number of aliphatic hydroxyl groups excluding tert-OH is 1. The third kappa shape index (κ3) is 2.81. The van der Waals surface area contributed by atoms with E-state index in [1.165, 1.54) is 0 Å². The van der Waals surface area contributed by atoms with Crippen LogP contribution in [0.3, 0.4) is 0 Å². The van der Waals surface area contributed by atoms with Gasteiger partial charge < -0.3 is 14.6 Å². The minimum atomic E-state index is 0.0235. The molecule has 5 nitrogen and oxygen atoms in total. The van der Waals surface area contributed by atoms with E-state index in [4.69, 9.17) is 5.11 Å². The molecule has 0 aliphatic carbocycles. The molecule has 0 saturated carbocycles. The van der Waals surface area contributed by atoms with Crippen LogP contribution in [0.15, 0.2) is 12.4 Å². The van der Waals surface area contributed by atoms with Crippen molar-refractivity contribution in [3.05, 3.63) is 18.2 Å². The van der Waals surface area contributed by atoms with Crippen LogP contribution < -0.4 is 0 Å². The molecule has 0 amide bonds. The fourth-order valence-electron chi connectivity index (χ4n) is 2.02. The maximum atomic E-state index is 9.08. The van der Waals surface area contributed by atoms with Gasteiger partial charge in [-0.15, -0.1) is 0 Å². The first kappa shape index (κ1) is 11.6. The number of hydrogen-bond acceptors (Lipinski definition) is 4. The van der Waals surface area contributed by atoms with Crippen molar-refractivity contribution < 1.29 is 5.11 Å². The van der Waals surface area contributed by atoms with Gasteiger partial charge >= 0.3 is 0 Å². The van der Waals surface area contributed by atoms with Crippen molar-refractivity contribution in [1.82, 2.24) is 19.4 Å². The molecule has 1 saturated heterocycles. The van der Waals surface area contributed by atoms with E-state index in [-0.39, 0.29) is 6.61 Å². The van der Waals surface area contributed by atoms with E-state index >= 15 is 0 Å². The Morgan fingerprint density at radius 3 is 2.69 bits per heavy atom. The summed E-state index contributed by atoms with van der Waals surface area (Å²) in [6.07, 6.45) is 3.68. The molecule has 1 aliphatic heterocycles. The van der Waals surface area contributed by atoms with E-state index < -0.39 is 0 Å². The summed E-state index contributed by atoms with van der Waals surface area (Å²) in [5.74, 6) is 0.758. The number of piperazine rings is 1. The third-order valence-corrected chi connectivity index (χ3v) is 3.20. The van der Waals surface area contributed by atoms with Crippen LogP contribution in [-0.2, 0) is 13.2 Å².